The standard InChI is InChI=1S/C24H31N3O4/c28-22(24-11-17-9-18(12-24)21(26-30)19(10-17)13-24)25-20-7-4-8-27(14-20)23(29)31-15-16-5-2-1-3-6-16/h1-3,5-6,17-20,30H,4,7-15H2,(H,25,28)/t17?,18?,19?,20-,24?/m0/s1. The number of hydrogen-bond acceptors (Lipinski definition) is 5. The van der Waals surface area contributed by atoms with Crippen LogP contribution in [-0.2, 0) is 16.1 Å². The second-order valence-corrected chi connectivity index (χ2v) is 9.95. The van der Waals surface area contributed by atoms with Crippen LogP contribution in [0, 0.1) is 23.2 Å². The summed E-state index contributed by atoms with van der Waals surface area (Å²) >= 11 is 0. The van der Waals surface area contributed by atoms with E-state index in [9.17, 15) is 14.8 Å². The Kier molecular flexibility index (Phi) is 5.36. The van der Waals surface area contributed by atoms with Crippen molar-refractivity contribution in [2.24, 2.45) is 28.3 Å². The van der Waals surface area contributed by atoms with Crippen molar-refractivity contribution in [1.82, 2.24) is 10.2 Å². The average molecular weight is 426 g/mol. The topological polar surface area (TPSA) is 91.2 Å². The Balaban J connectivity index is 1.18. The Labute approximate surface area is 182 Å². The van der Waals surface area contributed by atoms with Gasteiger partial charge >= 0.3 is 6.09 Å². The fourth-order valence-corrected chi connectivity index (χ4v) is 6.62. The lowest BCUT2D eigenvalue weighted by Crippen LogP contribution is -2.59. The largest absolute Gasteiger partial charge is 0.445 e. The summed E-state index contributed by atoms with van der Waals surface area (Å²) in [5, 5.41) is 16.3. The van der Waals surface area contributed by atoms with Crippen molar-refractivity contribution in [1.29, 1.82) is 0 Å². The molecule has 6 rings (SSSR count). The van der Waals surface area contributed by atoms with Crippen LogP contribution in [0.5, 0.6) is 0 Å². The fourth-order valence-electron chi connectivity index (χ4n) is 6.62. The minimum Gasteiger partial charge on any atom is -0.445 e. The molecule has 0 radical (unpaired) electrons. The van der Waals surface area contributed by atoms with Gasteiger partial charge in [-0.2, -0.15) is 0 Å². The van der Waals surface area contributed by atoms with Crippen LogP contribution in [0.3, 0.4) is 0 Å². The van der Waals surface area contributed by atoms with E-state index in [2.05, 4.69) is 10.5 Å². The first-order valence-corrected chi connectivity index (χ1v) is 11.5. The Hall–Kier alpha value is -2.57. The molecule has 0 spiro atoms. The molecule has 4 aliphatic carbocycles. The molecule has 2 N–H and O–H groups in total. The molecule has 166 valence electrons. The van der Waals surface area contributed by atoms with Gasteiger partial charge in [-0.1, -0.05) is 35.5 Å². The highest BCUT2D eigenvalue weighted by Crippen LogP contribution is 2.59. The number of ether oxygens (including phenoxy) is 1. The molecule has 1 aliphatic heterocycles. The summed E-state index contributed by atoms with van der Waals surface area (Å²) in [4.78, 5) is 27.7. The van der Waals surface area contributed by atoms with Crippen molar-refractivity contribution in [3.05, 3.63) is 35.9 Å². The Morgan fingerprint density at radius 3 is 2.61 bits per heavy atom. The van der Waals surface area contributed by atoms with Gasteiger partial charge in [0.05, 0.1) is 11.1 Å². The van der Waals surface area contributed by atoms with Gasteiger partial charge in [0.2, 0.25) is 5.91 Å². The predicted molar refractivity (Wildman–Crippen MR) is 115 cm³/mol. The maximum absolute atomic E-state index is 13.4. The zero-order valence-corrected chi connectivity index (χ0v) is 17.8. The van der Waals surface area contributed by atoms with E-state index in [0.29, 0.717) is 19.0 Å². The number of benzene rings is 1. The number of rotatable bonds is 4. The van der Waals surface area contributed by atoms with Gasteiger partial charge in [-0.3, -0.25) is 4.79 Å². The molecule has 1 saturated heterocycles. The number of piperidine rings is 1. The first-order chi connectivity index (χ1) is 15.1. The van der Waals surface area contributed by atoms with E-state index in [1.807, 2.05) is 30.3 Å². The van der Waals surface area contributed by atoms with Gasteiger partial charge in [-0.15, -0.1) is 0 Å². The maximum atomic E-state index is 13.4. The van der Waals surface area contributed by atoms with Gasteiger partial charge in [0.1, 0.15) is 6.61 Å². The summed E-state index contributed by atoms with van der Waals surface area (Å²) in [5.41, 5.74) is 1.55. The average Bonchev–Trinajstić information content (AvgIpc) is 2.78. The van der Waals surface area contributed by atoms with Gasteiger partial charge in [-0.25, -0.2) is 4.79 Å². The van der Waals surface area contributed by atoms with E-state index in [1.54, 1.807) is 4.90 Å². The van der Waals surface area contributed by atoms with Crippen LogP contribution in [0.2, 0.25) is 0 Å². The molecular weight excluding hydrogens is 394 g/mol. The molecule has 7 nitrogen and oxygen atoms in total. The summed E-state index contributed by atoms with van der Waals surface area (Å²) in [7, 11) is 0. The molecule has 2 amide bonds. The van der Waals surface area contributed by atoms with Gasteiger partial charge in [-0.05, 0) is 56.4 Å². The number of carbonyl (C=O) groups is 2. The van der Waals surface area contributed by atoms with E-state index < -0.39 is 0 Å². The number of likely N-dealkylation sites (tertiary alicyclic amines) is 1. The van der Waals surface area contributed by atoms with Crippen molar-refractivity contribution in [3.63, 3.8) is 0 Å². The summed E-state index contributed by atoms with van der Waals surface area (Å²) < 4.78 is 5.48. The molecule has 5 aliphatic rings. The van der Waals surface area contributed by atoms with Crippen LogP contribution in [-0.4, -0.2) is 47.0 Å². The van der Waals surface area contributed by atoms with Gasteiger partial charge in [0.25, 0.3) is 0 Å². The van der Waals surface area contributed by atoms with Crippen molar-refractivity contribution >= 4 is 17.7 Å². The third-order valence-corrected chi connectivity index (χ3v) is 7.84. The second kappa shape index (κ2) is 8.17. The number of amides is 2. The first kappa shape index (κ1) is 20.3. The fraction of sp³-hybridized carbons (Fsp3) is 0.625. The lowest BCUT2D eigenvalue weighted by molar-refractivity contribution is -0.141. The molecular formula is C24H31N3O4. The lowest BCUT2D eigenvalue weighted by Gasteiger charge is -2.55. The molecule has 5 fully saturated rings. The third kappa shape index (κ3) is 3.90. The van der Waals surface area contributed by atoms with Crippen LogP contribution in [0.1, 0.15) is 50.5 Å². The molecule has 1 heterocycles. The van der Waals surface area contributed by atoms with Crippen molar-refractivity contribution < 1.29 is 19.5 Å². The molecule has 0 aromatic heterocycles. The van der Waals surface area contributed by atoms with E-state index in [4.69, 9.17) is 4.74 Å². The normalized spacial score (nSPS) is 33.8. The summed E-state index contributed by atoms with van der Waals surface area (Å²) in [6, 6.07) is 9.62. The zero-order chi connectivity index (χ0) is 21.4. The van der Waals surface area contributed by atoms with Gasteiger partial charge in [0, 0.05) is 31.0 Å². The van der Waals surface area contributed by atoms with Crippen LogP contribution in [0.25, 0.3) is 0 Å². The van der Waals surface area contributed by atoms with Crippen LogP contribution in [0.15, 0.2) is 35.5 Å². The Bertz CT molecular complexity index is 853. The minimum absolute atomic E-state index is 0.0375. The monoisotopic (exact) mass is 425 g/mol. The highest BCUT2D eigenvalue weighted by Gasteiger charge is 2.57. The molecule has 7 heteroatoms. The smallest absolute Gasteiger partial charge is 0.410 e. The van der Waals surface area contributed by atoms with Crippen molar-refractivity contribution in [3.8, 4) is 0 Å². The summed E-state index contributed by atoms with van der Waals surface area (Å²) in [5.74, 6) is 1.19. The van der Waals surface area contributed by atoms with Crippen molar-refractivity contribution in [2.45, 2.75) is 57.6 Å². The van der Waals surface area contributed by atoms with Gasteiger partial charge < -0.3 is 20.2 Å². The summed E-state index contributed by atoms with van der Waals surface area (Å²) in [6.45, 7) is 1.41. The van der Waals surface area contributed by atoms with Crippen molar-refractivity contribution in [2.75, 3.05) is 13.1 Å². The number of carbonyl (C=O) groups excluding carboxylic acids is 2. The molecule has 1 aromatic carbocycles. The van der Waals surface area contributed by atoms with Crippen LogP contribution >= 0.6 is 0 Å². The predicted octanol–water partition coefficient (Wildman–Crippen LogP) is 3.56. The van der Waals surface area contributed by atoms with Gasteiger partial charge in [0.15, 0.2) is 0 Å². The molecule has 31 heavy (non-hydrogen) atoms. The lowest BCUT2D eigenvalue weighted by atomic mass is 9.48. The number of oxime groups is 1. The third-order valence-electron chi connectivity index (χ3n) is 7.84. The molecule has 2 unspecified atom stereocenters. The second-order valence-electron chi connectivity index (χ2n) is 9.95. The zero-order valence-electron chi connectivity index (χ0n) is 17.8. The summed E-state index contributed by atoms with van der Waals surface area (Å²) in [6.07, 6.45) is 6.05. The number of nitrogens with zero attached hydrogens (tertiary/aromatic N) is 2. The van der Waals surface area contributed by atoms with Crippen LogP contribution < -0.4 is 5.32 Å². The first-order valence-electron chi connectivity index (χ1n) is 11.5. The minimum atomic E-state index is -0.333. The van der Waals surface area contributed by atoms with Crippen LogP contribution in [0.4, 0.5) is 4.79 Å². The Morgan fingerprint density at radius 1 is 1.16 bits per heavy atom. The van der Waals surface area contributed by atoms with E-state index >= 15 is 0 Å². The highest BCUT2D eigenvalue weighted by atomic mass is 16.6. The highest BCUT2D eigenvalue weighted by molar-refractivity contribution is 5.94. The number of nitrogens with one attached hydrogen (secondary N) is 1. The Morgan fingerprint density at radius 2 is 1.90 bits per heavy atom. The van der Waals surface area contributed by atoms with E-state index in [-0.39, 0.29) is 41.9 Å². The maximum Gasteiger partial charge on any atom is 0.410 e. The SMILES string of the molecule is O=C(OCc1ccccc1)N1CCC[C@H](NC(=O)C23CC4CC(C2)C(=NO)C(C4)C3)C1. The molecule has 1 aromatic rings. The number of hydrogen-bond donors (Lipinski definition) is 2. The van der Waals surface area contributed by atoms with E-state index in [0.717, 1.165) is 56.2 Å². The quantitative estimate of drug-likeness (QED) is 0.570. The molecule has 4 bridgehead atoms. The molecule has 3 atom stereocenters. The van der Waals surface area contributed by atoms with E-state index in [1.165, 1.54) is 0 Å². The molecule has 4 saturated carbocycles.